The molecule has 7 N–H and O–H groups in total. The minimum Gasteiger partial charge on any atom is -0.478 e. The smallest absolute Gasteiger partial charge is 0.337 e. The fourth-order valence-corrected chi connectivity index (χ4v) is 2.15. The third-order valence-corrected chi connectivity index (χ3v) is 3.48. The zero-order valence-corrected chi connectivity index (χ0v) is 13.1. The monoisotopic (exact) mass is 343 g/mol. The minimum absolute atomic E-state index is 0.132. The second-order valence-electron chi connectivity index (χ2n) is 5.26. The number of ketones is 1. The first-order chi connectivity index (χ1) is 11.8. The van der Waals surface area contributed by atoms with Crippen LogP contribution in [0, 0.1) is 0 Å². The molecule has 0 aliphatic carbocycles. The van der Waals surface area contributed by atoms with Crippen LogP contribution in [-0.2, 0) is 4.79 Å². The lowest BCUT2D eigenvalue weighted by molar-refractivity contribution is -0.135. The van der Waals surface area contributed by atoms with E-state index >= 15 is 0 Å². The molecule has 0 bridgehead atoms. The molecule has 8 heteroatoms. The summed E-state index contributed by atoms with van der Waals surface area (Å²) in [5, 5.41) is 9.00. The normalized spacial score (nSPS) is 11.6. The number of benzene rings is 2. The predicted molar refractivity (Wildman–Crippen MR) is 91.2 cm³/mol. The van der Waals surface area contributed by atoms with Gasteiger partial charge in [-0.2, -0.15) is 0 Å². The van der Waals surface area contributed by atoms with Crippen LogP contribution < -0.4 is 21.9 Å². The van der Waals surface area contributed by atoms with Crippen molar-refractivity contribution in [2.45, 2.75) is 12.5 Å². The Labute approximate surface area is 143 Å². The van der Waals surface area contributed by atoms with E-state index in [1.165, 1.54) is 24.3 Å². The van der Waals surface area contributed by atoms with E-state index in [1.807, 2.05) is 0 Å². The van der Waals surface area contributed by atoms with Gasteiger partial charge in [0.15, 0.2) is 11.5 Å². The SMILES string of the molecule is Nc1ccccc1C(=O)C[C@H](N)C(=O)Oc1cccc(C(=O)O)c1N. The fraction of sp³-hybridized carbons (Fsp3) is 0.118. The highest BCUT2D eigenvalue weighted by atomic mass is 16.5. The molecular formula is C17H17N3O5. The zero-order chi connectivity index (χ0) is 18.6. The molecule has 0 aromatic heterocycles. The van der Waals surface area contributed by atoms with Gasteiger partial charge < -0.3 is 27.0 Å². The lowest BCUT2D eigenvalue weighted by Gasteiger charge is -2.13. The molecule has 0 saturated heterocycles. The third-order valence-electron chi connectivity index (χ3n) is 3.48. The van der Waals surface area contributed by atoms with E-state index in [1.54, 1.807) is 18.2 Å². The number of aromatic carboxylic acids is 1. The lowest BCUT2D eigenvalue weighted by Crippen LogP contribution is -2.36. The van der Waals surface area contributed by atoms with Crippen LogP contribution in [0.25, 0.3) is 0 Å². The highest BCUT2D eigenvalue weighted by Crippen LogP contribution is 2.25. The molecular weight excluding hydrogens is 326 g/mol. The lowest BCUT2D eigenvalue weighted by atomic mass is 10.0. The van der Waals surface area contributed by atoms with Crippen molar-refractivity contribution in [3.8, 4) is 5.75 Å². The Morgan fingerprint density at radius 1 is 1.00 bits per heavy atom. The highest BCUT2D eigenvalue weighted by Gasteiger charge is 2.23. The first kappa shape index (κ1) is 18.0. The number of ether oxygens (including phenoxy) is 1. The van der Waals surface area contributed by atoms with E-state index in [-0.39, 0.29) is 34.7 Å². The second-order valence-corrected chi connectivity index (χ2v) is 5.26. The van der Waals surface area contributed by atoms with E-state index in [9.17, 15) is 14.4 Å². The zero-order valence-electron chi connectivity index (χ0n) is 13.1. The van der Waals surface area contributed by atoms with Gasteiger partial charge in [-0.15, -0.1) is 0 Å². The van der Waals surface area contributed by atoms with E-state index in [0.717, 1.165) is 0 Å². The summed E-state index contributed by atoms with van der Waals surface area (Å²) >= 11 is 0. The molecule has 0 radical (unpaired) electrons. The van der Waals surface area contributed by atoms with E-state index in [4.69, 9.17) is 27.0 Å². The number of carboxylic acids is 1. The molecule has 0 aliphatic rings. The van der Waals surface area contributed by atoms with Crippen molar-refractivity contribution in [3.05, 3.63) is 53.6 Å². The molecule has 0 aliphatic heterocycles. The molecule has 0 fully saturated rings. The maximum atomic E-state index is 12.2. The van der Waals surface area contributed by atoms with Gasteiger partial charge in [0.1, 0.15) is 6.04 Å². The summed E-state index contributed by atoms with van der Waals surface area (Å²) < 4.78 is 5.03. The fourth-order valence-electron chi connectivity index (χ4n) is 2.15. The maximum Gasteiger partial charge on any atom is 0.337 e. The van der Waals surface area contributed by atoms with Crippen LogP contribution in [0.3, 0.4) is 0 Å². The molecule has 1 atom stereocenters. The number of nitrogen functional groups attached to an aromatic ring is 2. The van der Waals surface area contributed by atoms with Gasteiger partial charge in [0.05, 0.1) is 11.3 Å². The molecule has 2 aromatic carbocycles. The minimum atomic E-state index is -1.26. The summed E-state index contributed by atoms with van der Waals surface area (Å²) in [5.74, 6) is -2.70. The number of hydrogen-bond acceptors (Lipinski definition) is 7. The Morgan fingerprint density at radius 2 is 1.64 bits per heavy atom. The number of carboxylic acid groups (broad SMARTS) is 1. The van der Waals surface area contributed by atoms with Crippen molar-refractivity contribution in [1.29, 1.82) is 0 Å². The Kier molecular flexibility index (Phi) is 5.35. The number of Topliss-reactive ketones (excluding diaryl/α,β-unsaturated/α-hetero) is 1. The summed E-state index contributed by atoms with van der Waals surface area (Å²) in [5.41, 5.74) is 17.2. The summed E-state index contributed by atoms with van der Waals surface area (Å²) in [7, 11) is 0. The van der Waals surface area contributed by atoms with E-state index in [0.29, 0.717) is 0 Å². The van der Waals surface area contributed by atoms with Crippen LogP contribution in [-0.4, -0.2) is 28.9 Å². The number of carbonyl (C=O) groups is 3. The van der Waals surface area contributed by atoms with Gasteiger partial charge in [0.25, 0.3) is 0 Å². The van der Waals surface area contributed by atoms with Crippen LogP contribution in [0.15, 0.2) is 42.5 Å². The molecule has 25 heavy (non-hydrogen) atoms. The molecule has 0 amide bonds. The van der Waals surface area contributed by atoms with Gasteiger partial charge in [-0.05, 0) is 24.3 Å². The van der Waals surface area contributed by atoms with Crippen molar-refractivity contribution in [2.24, 2.45) is 5.73 Å². The summed E-state index contributed by atoms with van der Waals surface area (Å²) in [4.78, 5) is 35.3. The number of para-hydroxylation sites is 2. The van der Waals surface area contributed by atoms with Gasteiger partial charge in [0.2, 0.25) is 0 Å². The molecule has 8 nitrogen and oxygen atoms in total. The molecule has 130 valence electrons. The average molecular weight is 343 g/mol. The predicted octanol–water partition coefficient (Wildman–Crippen LogP) is 1.05. The summed E-state index contributed by atoms with van der Waals surface area (Å²) in [6.07, 6.45) is -0.314. The molecule has 0 heterocycles. The molecule has 0 spiro atoms. The van der Waals surface area contributed by atoms with Gasteiger partial charge in [-0.1, -0.05) is 18.2 Å². The number of nitrogens with two attached hydrogens (primary N) is 3. The number of rotatable bonds is 6. The van der Waals surface area contributed by atoms with Gasteiger partial charge >= 0.3 is 11.9 Å². The average Bonchev–Trinajstić information content (AvgIpc) is 2.56. The van der Waals surface area contributed by atoms with E-state index < -0.39 is 23.8 Å². The standard InChI is InChI=1S/C17H17N3O5/c18-11-6-2-1-4-9(11)13(21)8-12(19)17(24)25-14-7-3-5-10(15(14)20)16(22)23/h1-7,12H,8,18-20H2,(H,22,23)/t12-/m0/s1. The number of carbonyl (C=O) groups excluding carboxylic acids is 2. The topological polar surface area (TPSA) is 159 Å². The highest BCUT2D eigenvalue weighted by molar-refractivity contribution is 6.03. The van der Waals surface area contributed by atoms with Crippen LogP contribution in [0.1, 0.15) is 27.1 Å². The largest absolute Gasteiger partial charge is 0.478 e. The Bertz CT molecular complexity index is 835. The molecule has 2 rings (SSSR count). The summed E-state index contributed by atoms with van der Waals surface area (Å²) in [6.45, 7) is 0. The number of hydrogen-bond donors (Lipinski definition) is 4. The van der Waals surface area contributed by atoms with Crippen LogP contribution in [0.5, 0.6) is 5.75 Å². The number of esters is 1. The second kappa shape index (κ2) is 7.45. The van der Waals surface area contributed by atoms with Crippen LogP contribution in [0.2, 0.25) is 0 Å². The van der Waals surface area contributed by atoms with Crippen molar-refractivity contribution in [3.63, 3.8) is 0 Å². The van der Waals surface area contributed by atoms with Gasteiger partial charge in [0, 0.05) is 17.7 Å². The van der Waals surface area contributed by atoms with Crippen LogP contribution >= 0.6 is 0 Å². The Morgan fingerprint density at radius 3 is 2.28 bits per heavy atom. The molecule has 0 unspecified atom stereocenters. The van der Waals surface area contributed by atoms with Crippen molar-refractivity contribution < 1.29 is 24.2 Å². The number of anilines is 2. The van der Waals surface area contributed by atoms with Crippen molar-refractivity contribution in [2.75, 3.05) is 11.5 Å². The van der Waals surface area contributed by atoms with Crippen LogP contribution in [0.4, 0.5) is 11.4 Å². The van der Waals surface area contributed by atoms with Gasteiger partial charge in [-0.25, -0.2) is 9.59 Å². The Balaban J connectivity index is 2.09. The van der Waals surface area contributed by atoms with Gasteiger partial charge in [-0.3, -0.25) is 4.79 Å². The molecule has 0 saturated carbocycles. The maximum absolute atomic E-state index is 12.2. The van der Waals surface area contributed by atoms with Crippen molar-refractivity contribution >= 4 is 29.1 Å². The molecule has 2 aromatic rings. The third kappa shape index (κ3) is 4.12. The Hall–Kier alpha value is -3.39. The summed E-state index contributed by atoms with van der Waals surface area (Å²) in [6, 6.07) is 9.16. The quantitative estimate of drug-likeness (QED) is 0.262. The van der Waals surface area contributed by atoms with Crippen molar-refractivity contribution in [1.82, 2.24) is 0 Å². The van der Waals surface area contributed by atoms with E-state index in [2.05, 4.69) is 0 Å². The first-order valence-electron chi connectivity index (χ1n) is 7.28. The first-order valence-corrected chi connectivity index (χ1v) is 7.28.